The molecule has 0 aliphatic carbocycles. The lowest BCUT2D eigenvalue weighted by Crippen LogP contribution is -2.46. The van der Waals surface area contributed by atoms with Crippen molar-refractivity contribution in [2.45, 2.75) is 37.0 Å². The number of hydrogen-bond donors (Lipinski definition) is 3. The second-order valence-corrected chi connectivity index (χ2v) is 8.95. The van der Waals surface area contributed by atoms with E-state index in [-0.39, 0.29) is 36.6 Å². The maximum absolute atomic E-state index is 9.94. The number of hydrogen-bond acceptors (Lipinski definition) is 5. The van der Waals surface area contributed by atoms with E-state index < -0.39 is 0 Å². The van der Waals surface area contributed by atoms with Crippen molar-refractivity contribution in [2.24, 2.45) is 5.92 Å². The number of aliphatic hydroxyl groups is 1. The van der Waals surface area contributed by atoms with Gasteiger partial charge in [0.2, 0.25) is 0 Å². The van der Waals surface area contributed by atoms with Gasteiger partial charge in [0.25, 0.3) is 0 Å². The van der Waals surface area contributed by atoms with E-state index >= 15 is 0 Å². The van der Waals surface area contributed by atoms with Crippen molar-refractivity contribution in [3.8, 4) is 5.75 Å². The van der Waals surface area contributed by atoms with Gasteiger partial charge in [0.05, 0.1) is 13.7 Å². The van der Waals surface area contributed by atoms with Gasteiger partial charge in [-0.2, -0.15) is 0 Å². The molecule has 4 atom stereocenters. The van der Waals surface area contributed by atoms with Gasteiger partial charge < -0.3 is 25.2 Å². The van der Waals surface area contributed by atoms with Crippen molar-refractivity contribution in [3.63, 3.8) is 0 Å². The van der Waals surface area contributed by atoms with Gasteiger partial charge in [0, 0.05) is 49.9 Å². The maximum Gasteiger partial charge on any atom is 0.123 e. The van der Waals surface area contributed by atoms with E-state index in [1.165, 1.54) is 11.1 Å². The third-order valence-corrected chi connectivity index (χ3v) is 6.98. The third-order valence-electron chi connectivity index (χ3n) is 6.98. The maximum atomic E-state index is 9.94. The van der Waals surface area contributed by atoms with E-state index in [0.717, 1.165) is 11.3 Å². The van der Waals surface area contributed by atoms with Crippen LogP contribution in [0.15, 0.2) is 84.9 Å². The minimum Gasteiger partial charge on any atom is -0.496 e. The predicted octanol–water partition coefficient (Wildman–Crippen LogP) is 3.97. The first-order chi connectivity index (χ1) is 16.8. The summed E-state index contributed by atoms with van der Waals surface area (Å²) < 4.78 is 11.2. The Morgan fingerprint density at radius 1 is 0.882 bits per heavy atom. The smallest absolute Gasteiger partial charge is 0.123 e. The van der Waals surface area contributed by atoms with Crippen molar-refractivity contribution in [3.05, 3.63) is 102 Å². The Morgan fingerprint density at radius 2 is 1.50 bits per heavy atom. The molecule has 180 valence electrons. The van der Waals surface area contributed by atoms with Crippen molar-refractivity contribution in [1.82, 2.24) is 10.6 Å². The molecular formula is C29H36N2O3. The fourth-order valence-corrected chi connectivity index (χ4v) is 5.46. The van der Waals surface area contributed by atoms with Crippen LogP contribution < -0.4 is 15.4 Å². The van der Waals surface area contributed by atoms with Gasteiger partial charge in [0.15, 0.2) is 0 Å². The first-order valence-electron chi connectivity index (χ1n) is 12.1. The van der Waals surface area contributed by atoms with E-state index in [4.69, 9.17) is 9.47 Å². The lowest BCUT2D eigenvalue weighted by molar-refractivity contribution is 0.140. The van der Waals surface area contributed by atoms with Crippen LogP contribution in [0.1, 0.15) is 29.0 Å². The summed E-state index contributed by atoms with van der Waals surface area (Å²) in [6.07, 6.45) is 0.706. The number of rotatable bonds is 11. The highest BCUT2D eigenvalue weighted by atomic mass is 16.5. The molecule has 1 heterocycles. The molecule has 1 aliphatic rings. The van der Waals surface area contributed by atoms with Crippen molar-refractivity contribution < 1.29 is 14.6 Å². The van der Waals surface area contributed by atoms with E-state index in [1.54, 1.807) is 14.2 Å². The number of para-hydroxylation sites is 1. The second-order valence-electron chi connectivity index (χ2n) is 8.95. The molecule has 3 aromatic carbocycles. The normalized spacial score (nSPS) is 22.2. The van der Waals surface area contributed by atoms with Crippen LogP contribution in [0.25, 0.3) is 0 Å². The fraction of sp³-hybridized carbons (Fsp3) is 0.379. The molecular weight excluding hydrogens is 424 g/mol. The van der Waals surface area contributed by atoms with Gasteiger partial charge >= 0.3 is 0 Å². The zero-order valence-corrected chi connectivity index (χ0v) is 20.1. The van der Waals surface area contributed by atoms with Gasteiger partial charge in [0.1, 0.15) is 5.75 Å². The summed E-state index contributed by atoms with van der Waals surface area (Å²) in [5.74, 6) is 1.26. The first kappa shape index (κ1) is 24.4. The SMILES string of the molecule is COCC1NC(C(c2ccccc2)c2ccccc2)C(NCc2ccccc2OC)C1CCO. The molecule has 0 spiro atoms. The van der Waals surface area contributed by atoms with Crippen molar-refractivity contribution in [2.75, 3.05) is 27.4 Å². The van der Waals surface area contributed by atoms with Crippen molar-refractivity contribution >= 4 is 0 Å². The minimum absolute atomic E-state index is 0.121. The largest absolute Gasteiger partial charge is 0.496 e. The Kier molecular flexibility index (Phi) is 8.72. The zero-order chi connectivity index (χ0) is 23.8. The molecule has 3 aromatic rings. The van der Waals surface area contributed by atoms with Crippen LogP contribution in [-0.4, -0.2) is 50.7 Å². The molecule has 0 amide bonds. The number of aliphatic hydroxyl groups excluding tert-OH is 1. The Balaban J connectivity index is 1.71. The van der Waals surface area contributed by atoms with E-state index in [2.05, 4.69) is 77.4 Å². The minimum atomic E-state index is 0.121. The van der Waals surface area contributed by atoms with E-state index in [1.807, 2.05) is 18.2 Å². The van der Waals surface area contributed by atoms with Crippen LogP contribution in [0.5, 0.6) is 5.75 Å². The molecule has 0 bridgehead atoms. The highest BCUT2D eigenvalue weighted by Crippen LogP contribution is 2.37. The summed E-state index contributed by atoms with van der Waals surface area (Å²) in [6, 6.07) is 29.9. The number of nitrogens with one attached hydrogen (secondary N) is 2. The quantitative estimate of drug-likeness (QED) is 0.404. The summed E-state index contributed by atoms with van der Waals surface area (Å²) in [4.78, 5) is 0. The molecule has 0 radical (unpaired) electrons. The monoisotopic (exact) mass is 460 g/mol. The predicted molar refractivity (Wildman–Crippen MR) is 136 cm³/mol. The van der Waals surface area contributed by atoms with Crippen LogP contribution in [0.4, 0.5) is 0 Å². The van der Waals surface area contributed by atoms with Gasteiger partial charge in [-0.05, 0) is 29.5 Å². The third kappa shape index (κ3) is 5.50. The van der Waals surface area contributed by atoms with Gasteiger partial charge in [-0.3, -0.25) is 0 Å². The second kappa shape index (κ2) is 12.1. The van der Waals surface area contributed by atoms with Crippen LogP contribution in [-0.2, 0) is 11.3 Å². The van der Waals surface area contributed by atoms with Gasteiger partial charge in [-0.25, -0.2) is 0 Å². The summed E-state index contributed by atoms with van der Waals surface area (Å²) in [5.41, 5.74) is 3.67. The lowest BCUT2D eigenvalue weighted by Gasteiger charge is -2.32. The molecule has 3 N–H and O–H groups in total. The van der Waals surface area contributed by atoms with Gasteiger partial charge in [-0.15, -0.1) is 0 Å². The molecule has 1 fully saturated rings. The molecule has 4 rings (SSSR count). The van der Waals surface area contributed by atoms with E-state index in [9.17, 15) is 5.11 Å². The molecule has 5 nitrogen and oxygen atoms in total. The Labute approximate surface area is 203 Å². The summed E-state index contributed by atoms with van der Waals surface area (Å²) >= 11 is 0. The number of methoxy groups -OCH3 is 2. The van der Waals surface area contributed by atoms with E-state index in [0.29, 0.717) is 19.6 Å². The first-order valence-corrected chi connectivity index (χ1v) is 12.1. The Bertz CT molecular complexity index is 959. The molecule has 5 heteroatoms. The molecule has 0 aromatic heterocycles. The highest BCUT2D eigenvalue weighted by Gasteiger charge is 2.46. The summed E-state index contributed by atoms with van der Waals surface area (Å²) in [7, 11) is 3.46. The van der Waals surface area contributed by atoms with Crippen molar-refractivity contribution in [1.29, 1.82) is 0 Å². The molecule has 34 heavy (non-hydrogen) atoms. The summed E-state index contributed by atoms with van der Waals surface area (Å²) in [5, 5.41) is 17.7. The average Bonchev–Trinajstić information content (AvgIpc) is 3.21. The standard InChI is InChI=1S/C29H36N2O3/c1-33-20-25-24(17-18-32)28(30-19-23-15-9-10-16-26(23)34-2)29(31-25)27(21-11-5-3-6-12-21)22-13-7-4-8-14-22/h3-16,24-25,27-32H,17-20H2,1-2H3. The summed E-state index contributed by atoms with van der Waals surface area (Å²) in [6.45, 7) is 1.43. The highest BCUT2D eigenvalue weighted by molar-refractivity contribution is 5.37. The average molecular weight is 461 g/mol. The number of ether oxygens (including phenoxy) is 2. The van der Waals surface area contributed by atoms with Crippen LogP contribution >= 0.6 is 0 Å². The Hall–Kier alpha value is -2.70. The lowest BCUT2D eigenvalue weighted by atomic mass is 9.79. The fourth-order valence-electron chi connectivity index (χ4n) is 5.46. The molecule has 4 unspecified atom stereocenters. The Morgan fingerprint density at radius 3 is 2.09 bits per heavy atom. The van der Waals surface area contributed by atoms with Crippen LogP contribution in [0, 0.1) is 5.92 Å². The molecule has 1 aliphatic heterocycles. The zero-order valence-electron chi connectivity index (χ0n) is 20.1. The molecule has 1 saturated heterocycles. The van der Waals surface area contributed by atoms with Crippen LogP contribution in [0.2, 0.25) is 0 Å². The topological polar surface area (TPSA) is 62.8 Å². The molecule has 0 saturated carbocycles. The number of benzene rings is 3. The van der Waals surface area contributed by atoms with Gasteiger partial charge in [-0.1, -0.05) is 78.9 Å². The van der Waals surface area contributed by atoms with Crippen LogP contribution in [0.3, 0.4) is 0 Å².